The number of carbonyl (C=O) groups is 2. The fourth-order valence-corrected chi connectivity index (χ4v) is 3.07. The SMILES string of the molecule is Cl.NC(=O)c1ccc(OCCCN2C[C@@H]3COC(=O)[C@@H]3C2)cc1. The van der Waals surface area contributed by atoms with E-state index in [-0.39, 0.29) is 24.3 Å². The van der Waals surface area contributed by atoms with Crippen molar-refractivity contribution in [3.63, 3.8) is 0 Å². The van der Waals surface area contributed by atoms with Gasteiger partial charge in [-0.25, -0.2) is 0 Å². The molecule has 6 nitrogen and oxygen atoms in total. The Kier molecular flexibility index (Phi) is 5.85. The van der Waals surface area contributed by atoms with Crippen molar-refractivity contribution in [3.8, 4) is 5.75 Å². The first-order valence-corrected chi connectivity index (χ1v) is 7.55. The van der Waals surface area contributed by atoms with Crippen LogP contribution in [-0.2, 0) is 9.53 Å². The van der Waals surface area contributed by atoms with E-state index in [1.165, 1.54) is 0 Å². The van der Waals surface area contributed by atoms with E-state index in [2.05, 4.69) is 4.90 Å². The van der Waals surface area contributed by atoms with E-state index in [9.17, 15) is 9.59 Å². The molecule has 0 radical (unpaired) electrons. The van der Waals surface area contributed by atoms with Crippen molar-refractivity contribution in [1.29, 1.82) is 0 Å². The number of fused-ring (bicyclic) bond motifs is 1. The van der Waals surface area contributed by atoms with E-state index in [0.29, 0.717) is 24.7 Å². The van der Waals surface area contributed by atoms with E-state index in [0.717, 1.165) is 31.8 Å². The van der Waals surface area contributed by atoms with Gasteiger partial charge in [-0.1, -0.05) is 0 Å². The molecule has 2 saturated heterocycles. The molecule has 1 amide bonds. The van der Waals surface area contributed by atoms with Gasteiger partial charge in [0, 0.05) is 31.1 Å². The molecule has 2 heterocycles. The molecule has 1 aromatic rings. The summed E-state index contributed by atoms with van der Waals surface area (Å²) in [6, 6.07) is 6.81. The number of hydrogen-bond acceptors (Lipinski definition) is 5. The molecule has 126 valence electrons. The van der Waals surface area contributed by atoms with Crippen molar-refractivity contribution in [3.05, 3.63) is 29.8 Å². The number of esters is 1. The lowest BCUT2D eigenvalue weighted by Crippen LogP contribution is -2.26. The summed E-state index contributed by atoms with van der Waals surface area (Å²) in [4.78, 5) is 24.8. The molecular weight excluding hydrogens is 320 g/mol. The minimum Gasteiger partial charge on any atom is -0.494 e. The van der Waals surface area contributed by atoms with Crippen LogP contribution in [0.25, 0.3) is 0 Å². The highest BCUT2D eigenvalue weighted by Gasteiger charge is 2.43. The zero-order valence-electron chi connectivity index (χ0n) is 12.8. The fraction of sp³-hybridized carbons (Fsp3) is 0.500. The Balaban J connectivity index is 0.00000192. The highest BCUT2D eigenvalue weighted by atomic mass is 35.5. The van der Waals surface area contributed by atoms with E-state index in [1.54, 1.807) is 24.3 Å². The van der Waals surface area contributed by atoms with Crippen LogP contribution in [0.1, 0.15) is 16.8 Å². The van der Waals surface area contributed by atoms with Crippen molar-refractivity contribution in [2.45, 2.75) is 6.42 Å². The molecule has 2 atom stereocenters. The van der Waals surface area contributed by atoms with E-state index in [1.807, 2.05) is 0 Å². The lowest BCUT2D eigenvalue weighted by atomic mass is 10.0. The first-order valence-electron chi connectivity index (χ1n) is 7.55. The van der Waals surface area contributed by atoms with Crippen LogP contribution in [0.5, 0.6) is 5.75 Å². The predicted molar refractivity (Wildman–Crippen MR) is 86.7 cm³/mol. The third-order valence-corrected chi connectivity index (χ3v) is 4.29. The Morgan fingerprint density at radius 3 is 2.70 bits per heavy atom. The molecule has 0 unspecified atom stereocenters. The fourth-order valence-electron chi connectivity index (χ4n) is 3.07. The molecule has 1 aromatic carbocycles. The van der Waals surface area contributed by atoms with Gasteiger partial charge < -0.3 is 20.1 Å². The zero-order chi connectivity index (χ0) is 15.5. The Morgan fingerprint density at radius 2 is 2.04 bits per heavy atom. The monoisotopic (exact) mass is 340 g/mol. The van der Waals surface area contributed by atoms with Gasteiger partial charge in [0.1, 0.15) is 5.75 Å². The lowest BCUT2D eigenvalue weighted by molar-refractivity contribution is -0.141. The summed E-state index contributed by atoms with van der Waals surface area (Å²) in [5, 5.41) is 0. The molecule has 0 saturated carbocycles. The van der Waals surface area contributed by atoms with Crippen molar-refractivity contribution < 1.29 is 19.1 Å². The van der Waals surface area contributed by atoms with Crippen LogP contribution in [-0.4, -0.2) is 49.6 Å². The predicted octanol–water partition coefficient (Wildman–Crippen LogP) is 1.08. The van der Waals surface area contributed by atoms with Crippen LogP contribution in [0.3, 0.4) is 0 Å². The third kappa shape index (κ3) is 4.14. The summed E-state index contributed by atoms with van der Waals surface area (Å²) in [6.45, 7) is 3.83. The number of nitrogens with two attached hydrogens (primary N) is 1. The molecule has 7 heteroatoms. The van der Waals surface area contributed by atoms with Crippen LogP contribution in [0.2, 0.25) is 0 Å². The maximum absolute atomic E-state index is 11.5. The second kappa shape index (κ2) is 7.66. The molecule has 0 aliphatic carbocycles. The van der Waals surface area contributed by atoms with Crippen molar-refractivity contribution in [2.24, 2.45) is 17.6 Å². The average molecular weight is 341 g/mol. The summed E-state index contributed by atoms with van der Waals surface area (Å²) in [7, 11) is 0. The number of likely N-dealkylation sites (tertiary alicyclic amines) is 1. The quantitative estimate of drug-likeness (QED) is 0.619. The molecular formula is C16H21ClN2O4. The summed E-state index contributed by atoms with van der Waals surface area (Å²) in [5.41, 5.74) is 5.66. The van der Waals surface area contributed by atoms with Crippen molar-refractivity contribution >= 4 is 24.3 Å². The van der Waals surface area contributed by atoms with E-state index < -0.39 is 5.91 Å². The summed E-state index contributed by atoms with van der Waals surface area (Å²) in [6.07, 6.45) is 0.895. The number of primary amides is 1. The number of carbonyl (C=O) groups excluding carboxylic acids is 2. The number of cyclic esters (lactones) is 1. The Labute approximate surface area is 141 Å². The number of ether oxygens (including phenoxy) is 2. The minimum atomic E-state index is -0.440. The Bertz CT molecular complexity index is 564. The number of nitrogens with zero attached hydrogens (tertiary/aromatic N) is 1. The number of hydrogen-bond donors (Lipinski definition) is 1. The maximum atomic E-state index is 11.5. The van der Waals surface area contributed by atoms with Gasteiger partial charge in [0.15, 0.2) is 0 Å². The number of halogens is 1. The van der Waals surface area contributed by atoms with Crippen molar-refractivity contribution in [1.82, 2.24) is 4.90 Å². The first-order chi connectivity index (χ1) is 10.6. The van der Waals surface area contributed by atoms with E-state index >= 15 is 0 Å². The summed E-state index contributed by atoms with van der Waals surface area (Å²) < 4.78 is 10.7. The van der Waals surface area contributed by atoms with E-state index in [4.69, 9.17) is 15.2 Å². The molecule has 2 aliphatic heterocycles. The number of benzene rings is 1. The largest absolute Gasteiger partial charge is 0.494 e. The molecule has 2 N–H and O–H groups in total. The highest BCUT2D eigenvalue weighted by molar-refractivity contribution is 5.92. The van der Waals surface area contributed by atoms with Gasteiger partial charge in [-0.2, -0.15) is 0 Å². The van der Waals surface area contributed by atoms with Crippen LogP contribution in [0, 0.1) is 11.8 Å². The topological polar surface area (TPSA) is 81.9 Å². The molecule has 3 rings (SSSR count). The van der Waals surface area contributed by atoms with Gasteiger partial charge in [-0.15, -0.1) is 12.4 Å². The second-order valence-electron chi connectivity index (χ2n) is 5.85. The molecule has 2 fully saturated rings. The summed E-state index contributed by atoms with van der Waals surface area (Å²) in [5.74, 6) is 0.687. The van der Waals surface area contributed by atoms with Gasteiger partial charge in [-0.3, -0.25) is 9.59 Å². The lowest BCUT2D eigenvalue weighted by Gasteiger charge is -2.16. The van der Waals surface area contributed by atoms with Crippen molar-refractivity contribution in [2.75, 3.05) is 32.8 Å². The molecule has 0 spiro atoms. The second-order valence-corrected chi connectivity index (χ2v) is 5.85. The van der Waals surface area contributed by atoms with Crippen LogP contribution in [0.4, 0.5) is 0 Å². The average Bonchev–Trinajstić information content (AvgIpc) is 3.06. The van der Waals surface area contributed by atoms with Gasteiger partial charge in [-0.05, 0) is 30.7 Å². The number of rotatable bonds is 6. The molecule has 23 heavy (non-hydrogen) atoms. The minimum absolute atomic E-state index is 0. The van der Waals surface area contributed by atoms with Crippen LogP contribution < -0.4 is 10.5 Å². The Morgan fingerprint density at radius 1 is 1.30 bits per heavy atom. The molecule has 0 bridgehead atoms. The van der Waals surface area contributed by atoms with Gasteiger partial charge in [0.05, 0.1) is 19.1 Å². The maximum Gasteiger partial charge on any atom is 0.310 e. The van der Waals surface area contributed by atoms with Gasteiger partial charge in [0.2, 0.25) is 5.91 Å². The van der Waals surface area contributed by atoms with Gasteiger partial charge in [0.25, 0.3) is 0 Å². The van der Waals surface area contributed by atoms with Gasteiger partial charge >= 0.3 is 5.97 Å². The third-order valence-electron chi connectivity index (χ3n) is 4.29. The standard InChI is InChI=1S/C16H20N2O4.ClH/c17-15(19)11-2-4-13(5-3-11)21-7-1-6-18-8-12-10-22-16(20)14(12)9-18;/h2-5,12,14H,1,6-10H2,(H2,17,19);1H/t12-,14-;/m1./s1. The number of amides is 1. The van der Waals surface area contributed by atoms with Crippen LogP contribution >= 0.6 is 12.4 Å². The highest BCUT2D eigenvalue weighted by Crippen LogP contribution is 2.30. The Hall–Kier alpha value is -1.79. The summed E-state index contributed by atoms with van der Waals surface area (Å²) >= 11 is 0. The normalized spacial score (nSPS) is 23.0. The van der Waals surface area contributed by atoms with Crippen LogP contribution in [0.15, 0.2) is 24.3 Å². The smallest absolute Gasteiger partial charge is 0.310 e. The zero-order valence-corrected chi connectivity index (χ0v) is 13.6. The molecule has 0 aromatic heterocycles. The molecule has 2 aliphatic rings. The first kappa shape index (κ1) is 17.6.